The molecule has 0 fully saturated rings. The van der Waals surface area contributed by atoms with Crippen molar-refractivity contribution < 1.29 is 4.74 Å². The van der Waals surface area contributed by atoms with Crippen LogP contribution < -0.4 is 0 Å². The molecule has 0 amide bonds. The monoisotopic (exact) mass is 265 g/mol. The van der Waals surface area contributed by atoms with Gasteiger partial charge in [0.2, 0.25) is 0 Å². The van der Waals surface area contributed by atoms with Gasteiger partial charge in [0.05, 0.1) is 12.3 Å². The van der Waals surface area contributed by atoms with Gasteiger partial charge in [0, 0.05) is 5.41 Å². The van der Waals surface area contributed by atoms with E-state index in [2.05, 4.69) is 36.2 Å². The summed E-state index contributed by atoms with van der Waals surface area (Å²) in [6.07, 6.45) is 3.44. The molecule has 0 aliphatic carbocycles. The standard InChI is InChI=1S/C13H19N3OS/c1-5-7-13(3,4)11-10(8-14)12(18-16-11)15-9-17-6-2/h9H,5-7H2,1-4H3. The molecule has 98 valence electrons. The van der Waals surface area contributed by atoms with Gasteiger partial charge in [-0.3, -0.25) is 0 Å². The molecule has 0 saturated heterocycles. The quantitative estimate of drug-likeness (QED) is 0.581. The molecule has 0 unspecified atom stereocenters. The lowest BCUT2D eigenvalue weighted by Crippen LogP contribution is -2.18. The van der Waals surface area contributed by atoms with Crippen molar-refractivity contribution in [2.75, 3.05) is 6.61 Å². The minimum atomic E-state index is -0.0876. The second-order valence-corrected chi connectivity index (χ2v) is 5.40. The molecule has 0 N–H and O–H groups in total. The molecule has 0 atom stereocenters. The Labute approximate surface area is 112 Å². The van der Waals surface area contributed by atoms with E-state index >= 15 is 0 Å². The van der Waals surface area contributed by atoms with Crippen LogP contribution in [0.2, 0.25) is 0 Å². The number of hydrogen-bond donors (Lipinski definition) is 0. The second kappa shape index (κ2) is 6.50. The minimum absolute atomic E-state index is 0.0876. The molecule has 0 bridgehead atoms. The largest absolute Gasteiger partial charge is 0.483 e. The van der Waals surface area contributed by atoms with E-state index in [1.165, 1.54) is 17.9 Å². The van der Waals surface area contributed by atoms with Crippen LogP contribution in [0.15, 0.2) is 4.99 Å². The lowest BCUT2D eigenvalue weighted by Gasteiger charge is -2.21. The summed E-state index contributed by atoms with van der Waals surface area (Å²) < 4.78 is 9.46. The zero-order chi connectivity index (χ0) is 13.6. The van der Waals surface area contributed by atoms with Gasteiger partial charge in [-0.15, -0.1) is 0 Å². The summed E-state index contributed by atoms with van der Waals surface area (Å²) in [7, 11) is 0. The molecular formula is C13H19N3OS. The van der Waals surface area contributed by atoms with Crippen LogP contribution in [0.3, 0.4) is 0 Å². The summed E-state index contributed by atoms with van der Waals surface area (Å²) in [5.74, 6) is 0. The van der Waals surface area contributed by atoms with Gasteiger partial charge in [-0.05, 0) is 24.9 Å². The third kappa shape index (κ3) is 3.30. The fraction of sp³-hybridized carbons (Fsp3) is 0.615. The van der Waals surface area contributed by atoms with Gasteiger partial charge in [0.1, 0.15) is 11.6 Å². The van der Waals surface area contributed by atoms with Crippen LogP contribution in [0, 0.1) is 11.3 Å². The van der Waals surface area contributed by atoms with Gasteiger partial charge in [-0.2, -0.15) is 9.64 Å². The number of nitrogens with zero attached hydrogens (tertiary/aromatic N) is 3. The number of ether oxygens (including phenoxy) is 1. The van der Waals surface area contributed by atoms with E-state index in [1.54, 1.807) is 0 Å². The maximum Gasteiger partial charge on any atom is 0.175 e. The van der Waals surface area contributed by atoms with Gasteiger partial charge in [0.25, 0.3) is 0 Å². The van der Waals surface area contributed by atoms with E-state index in [4.69, 9.17) is 4.74 Å². The lowest BCUT2D eigenvalue weighted by molar-refractivity contribution is 0.344. The van der Waals surface area contributed by atoms with E-state index in [-0.39, 0.29) is 5.41 Å². The third-order valence-electron chi connectivity index (χ3n) is 2.71. The van der Waals surface area contributed by atoms with Crippen LogP contribution in [0.4, 0.5) is 5.00 Å². The average molecular weight is 265 g/mol. The zero-order valence-corrected chi connectivity index (χ0v) is 12.2. The summed E-state index contributed by atoms with van der Waals surface area (Å²) in [4.78, 5) is 4.15. The Bertz CT molecular complexity index is 457. The highest BCUT2D eigenvalue weighted by atomic mass is 32.1. The summed E-state index contributed by atoms with van der Waals surface area (Å²) in [6.45, 7) is 8.82. The van der Waals surface area contributed by atoms with Crippen molar-refractivity contribution in [3.63, 3.8) is 0 Å². The maximum absolute atomic E-state index is 9.28. The lowest BCUT2D eigenvalue weighted by atomic mass is 9.83. The number of aromatic nitrogens is 1. The van der Waals surface area contributed by atoms with Gasteiger partial charge in [-0.1, -0.05) is 27.2 Å². The SMILES string of the molecule is CCCC(C)(C)c1nsc(N=COCC)c1C#N. The predicted molar refractivity (Wildman–Crippen MR) is 74.5 cm³/mol. The normalized spacial score (nSPS) is 11.7. The summed E-state index contributed by atoms with van der Waals surface area (Å²) in [5, 5.41) is 9.91. The highest BCUT2D eigenvalue weighted by Gasteiger charge is 2.28. The number of aliphatic imine (C=N–C) groups is 1. The number of nitriles is 1. The van der Waals surface area contributed by atoms with Crippen molar-refractivity contribution in [3.05, 3.63) is 11.3 Å². The van der Waals surface area contributed by atoms with Crippen LogP contribution in [0.5, 0.6) is 0 Å². The van der Waals surface area contributed by atoms with Crippen LogP contribution in [-0.2, 0) is 10.2 Å². The highest BCUT2D eigenvalue weighted by Crippen LogP contribution is 2.36. The van der Waals surface area contributed by atoms with E-state index in [1.807, 2.05) is 6.92 Å². The minimum Gasteiger partial charge on any atom is -0.483 e. The molecule has 1 aromatic heterocycles. The van der Waals surface area contributed by atoms with Gasteiger partial charge in [0.15, 0.2) is 11.4 Å². The number of hydrogen-bond acceptors (Lipinski definition) is 5. The van der Waals surface area contributed by atoms with E-state index in [0.29, 0.717) is 17.2 Å². The molecule has 5 heteroatoms. The fourth-order valence-electron chi connectivity index (χ4n) is 1.84. The molecule has 0 saturated carbocycles. The molecule has 18 heavy (non-hydrogen) atoms. The van der Waals surface area contributed by atoms with Crippen LogP contribution >= 0.6 is 11.5 Å². The molecule has 1 aromatic rings. The maximum atomic E-state index is 9.28. The smallest absolute Gasteiger partial charge is 0.175 e. The Morgan fingerprint density at radius 2 is 2.22 bits per heavy atom. The van der Waals surface area contributed by atoms with Crippen molar-refractivity contribution in [1.82, 2.24) is 4.37 Å². The summed E-state index contributed by atoms with van der Waals surface area (Å²) >= 11 is 1.25. The molecular weight excluding hydrogens is 246 g/mol. The molecule has 1 heterocycles. The molecule has 0 spiro atoms. The van der Waals surface area contributed by atoms with Crippen molar-refractivity contribution in [1.29, 1.82) is 5.26 Å². The van der Waals surface area contributed by atoms with Crippen molar-refractivity contribution in [2.24, 2.45) is 4.99 Å². The highest BCUT2D eigenvalue weighted by molar-refractivity contribution is 7.10. The Balaban J connectivity index is 3.06. The first kappa shape index (κ1) is 14.7. The van der Waals surface area contributed by atoms with Crippen LogP contribution in [-0.4, -0.2) is 17.4 Å². The first-order valence-electron chi connectivity index (χ1n) is 6.11. The first-order valence-corrected chi connectivity index (χ1v) is 6.88. The van der Waals surface area contributed by atoms with Gasteiger partial charge >= 0.3 is 0 Å². The van der Waals surface area contributed by atoms with Crippen LogP contribution in [0.25, 0.3) is 0 Å². The molecule has 0 aliphatic rings. The summed E-state index contributed by atoms with van der Waals surface area (Å²) in [5.41, 5.74) is 1.34. The van der Waals surface area contributed by atoms with Crippen LogP contribution in [0.1, 0.15) is 51.8 Å². The van der Waals surface area contributed by atoms with Crippen molar-refractivity contribution in [2.45, 2.75) is 46.0 Å². The summed E-state index contributed by atoms with van der Waals surface area (Å²) in [6, 6.07) is 2.21. The van der Waals surface area contributed by atoms with Crippen molar-refractivity contribution >= 4 is 22.9 Å². The predicted octanol–water partition coefficient (Wildman–Crippen LogP) is 3.79. The topological polar surface area (TPSA) is 58.3 Å². The molecule has 4 nitrogen and oxygen atoms in total. The Morgan fingerprint density at radius 3 is 2.78 bits per heavy atom. The van der Waals surface area contributed by atoms with Gasteiger partial charge in [-0.25, -0.2) is 4.99 Å². The zero-order valence-electron chi connectivity index (χ0n) is 11.4. The molecule has 0 aromatic carbocycles. The Kier molecular flexibility index (Phi) is 5.29. The average Bonchev–Trinajstić information content (AvgIpc) is 2.73. The molecule has 0 aliphatic heterocycles. The van der Waals surface area contributed by atoms with E-state index < -0.39 is 0 Å². The Morgan fingerprint density at radius 1 is 1.50 bits per heavy atom. The third-order valence-corrected chi connectivity index (χ3v) is 3.47. The number of rotatable bonds is 6. The molecule has 1 rings (SSSR count). The van der Waals surface area contributed by atoms with Gasteiger partial charge < -0.3 is 4.74 Å². The van der Waals surface area contributed by atoms with E-state index in [0.717, 1.165) is 18.5 Å². The van der Waals surface area contributed by atoms with E-state index in [9.17, 15) is 5.26 Å². The molecule has 0 radical (unpaired) electrons. The Hall–Kier alpha value is -1.41. The van der Waals surface area contributed by atoms with Crippen molar-refractivity contribution in [3.8, 4) is 6.07 Å². The second-order valence-electron chi connectivity index (χ2n) is 4.65. The first-order chi connectivity index (χ1) is 8.56. The fourth-order valence-corrected chi connectivity index (χ4v) is 2.68.